The lowest BCUT2D eigenvalue weighted by atomic mass is 14.6. The Balaban J connectivity index is 4.02. The Morgan fingerprint density at radius 2 is 1.73 bits per heavy atom. The van der Waals surface area contributed by atoms with E-state index in [1.54, 1.807) is 0 Å². The van der Waals surface area contributed by atoms with Gasteiger partial charge in [0, 0.05) is 0 Å². The maximum Gasteiger partial charge on any atom is 0.614 e. The molecule has 0 aromatic carbocycles. The van der Waals surface area contributed by atoms with E-state index in [0.717, 1.165) is 0 Å². The molecule has 0 aromatic heterocycles. The van der Waals surface area contributed by atoms with Crippen molar-refractivity contribution in [3.63, 3.8) is 0 Å². The second kappa shape index (κ2) is 3.83. The highest BCUT2D eigenvalue weighted by Crippen LogP contribution is 2.63. The molecular formula is H5O9P2+. The van der Waals surface area contributed by atoms with Crippen molar-refractivity contribution >= 4 is 16.0 Å². The average Bonchev–Trinajstić information content (AvgIpc) is 1.55. The van der Waals surface area contributed by atoms with Gasteiger partial charge in [-0.3, -0.25) is 0 Å². The van der Waals surface area contributed by atoms with E-state index in [4.69, 9.17) is 24.8 Å². The van der Waals surface area contributed by atoms with Crippen LogP contribution in [0.25, 0.3) is 0 Å². The molecule has 0 unspecified atom stereocenters. The van der Waals surface area contributed by atoms with Crippen molar-refractivity contribution < 1.29 is 43.4 Å². The molecule has 0 aliphatic heterocycles. The number of hydrogen-bond donors (Lipinski definition) is 5. The van der Waals surface area contributed by atoms with Gasteiger partial charge in [0.15, 0.2) is 0 Å². The standard InChI is InChI=1S/H4O9P2/c1-7-8-11(5,6)9-10(2,3)4/h5-6H,(H2-,1,2,3,4)/p+1. The molecule has 68 valence electrons. The maximum absolute atomic E-state index is 9.88. The minimum Gasteiger partial charge on any atom is -0.300 e. The van der Waals surface area contributed by atoms with Crippen molar-refractivity contribution in [2.45, 2.75) is 0 Å². The van der Waals surface area contributed by atoms with Crippen LogP contribution < -0.4 is 0 Å². The van der Waals surface area contributed by atoms with Crippen LogP contribution in [0, 0.1) is 0 Å². The Morgan fingerprint density at radius 1 is 1.27 bits per heavy atom. The molecule has 0 aliphatic carbocycles. The highest BCUT2D eigenvalue weighted by Gasteiger charge is 2.50. The summed E-state index contributed by atoms with van der Waals surface area (Å²) < 4.78 is 16.3. The molecular weight excluding hydrogens is 206 g/mol. The molecule has 11 heavy (non-hydrogen) atoms. The molecule has 0 bridgehead atoms. The zero-order valence-electron chi connectivity index (χ0n) is 4.76. The van der Waals surface area contributed by atoms with Gasteiger partial charge in [0.05, 0.1) is 4.67 Å². The SMILES string of the molecule is O=P(O)(O)O[P+](O)(O)OOO. The van der Waals surface area contributed by atoms with Crippen molar-refractivity contribution in [2.24, 2.45) is 0 Å². The first kappa shape index (κ1) is 11.3. The summed E-state index contributed by atoms with van der Waals surface area (Å²) in [5.41, 5.74) is 0. The normalized spacial score (nSPS) is 13.5. The first-order chi connectivity index (χ1) is 4.77. The monoisotopic (exact) mass is 211 g/mol. The Bertz CT molecular complexity index is 153. The molecule has 0 aromatic rings. The van der Waals surface area contributed by atoms with Crippen LogP contribution in [-0.2, 0) is 18.6 Å². The molecule has 0 amide bonds. The predicted molar refractivity (Wildman–Crippen MR) is 29.3 cm³/mol. The van der Waals surface area contributed by atoms with Gasteiger partial charge in [-0.1, -0.05) is 0 Å². The molecule has 0 spiro atoms. The zero-order chi connectivity index (χ0) is 9.12. The van der Waals surface area contributed by atoms with Crippen LogP contribution in [0.2, 0.25) is 0 Å². The van der Waals surface area contributed by atoms with Gasteiger partial charge < -0.3 is 9.79 Å². The summed E-state index contributed by atoms with van der Waals surface area (Å²) in [6.45, 7) is 0. The number of hydrogen-bond acceptors (Lipinski definition) is 7. The maximum atomic E-state index is 9.88. The fourth-order valence-corrected chi connectivity index (χ4v) is 1.50. The first-order valence-electron chi connectivity index (χ1n) is 1.88. The third-order valence-electron chi connectivity index (χ3n) is 0.343. The summed E-state index contributed by atoms with van der Waals surface area (Å²) >= 11 is 0. The smallest absolute Gasteiger partial charge is 0.300 e. The fourth-order valence-electron chi connectivity index (χ4n) is 0.196. The molecule has 0 saturated carbocycles. The molecule has 0 heterocycles. The Labute approximate surface area is 60.5 Å². The van der Waals surface area contributed by atoms with E-state index in [0.29, 0.717) is 0 Å². The fraction of sp³-hybridized carbons (Fsp3) is 0. The van der Waals surface area contributed by atoms with Crippen molar-refractivity contribution in [3.8, 4) is 0 Å². The Morgan fingerprint density at radius 3 is 2.00 bits per heavy atom. The lowest BCUT2D eigenvalue weighted by molar-refractivity contribution is -0.448. The van der Waals surface area contributed by atoms with E-state index in [9.17, 15) is 4.57 Å². The van der Waals surface area contributed by atoms with E-state index < -0.39 is 16.0 Å². The van der Waals surface area contributed by atoms with Gasteiger partial charge in [0.25, 0.3) is 0 Å². The van der Waals surface area contributed by atoms with Crippen LogP contribution in [0.3, 0.4) is 0 Å². The van der Waals surface area contributed by atoms with Crippen LogP contribution >= 0.6 is 16.0 Å². The van der Waals surface area contributed by atoms with Gasteiger partial charge in [0.1, 0.15) is 0 Å². The zero-order valence-corrected chi connectivity index (χ0v) is 6.55. The van der Waals surface area contributed by atoms with Crippen LogP contribution in [-0.4, -0.2) is 24.8 Å². The van der Waals surface area contributed by atoms with Gasteiger partial charge in [0.2, 0.25) is 0 Å². The number of phosphoric acid groups is 1. The predicted octanol–water partition coefficient (Wildman–Crippen LogP) is -0.821. The van der Waals surface area contributed by atoms with Crippen LogP contribution in [0.15, 0.2) is 0 Å². The van der Waals surface area contributed by atoms with E-state index in [-0.39, 0.29) is 0 Å². The van der Waals surface area contributed by atoms with Gasteiger partial charge in [-0.15, -0.1) is 0 Å². The third kappa shape index (κ3) is 6.73. The summed E-state index contributed by atoms with van der Waals surface area (Å²) in [7, 11) is -9.88. The average molecular weight is 211 g/mol. The quantitative estimate of drug-likeness (QED) is 0.228. The third-order valence-corrected chi connectivity index (χ3v) is 2.31. The van der Waals surface area contributed by atoms with Crippen LogP contribution in [0.1, 0.15) is 0 Å². The van der Waals surface area contributed by atoms with E-state index >= 15 is 0 Å². The highest BCUT2D eigenvalue weighted by molar-refractivity contribution is 7.64. The van der Waals surface area contributed by atoms with Crippen LogP contribution in [0.5, 0.6) is 0 Å². The molecule has 9 nitrogen and oxygen atoms in total. The summed E-state index contributed by atoms with van der Waals surface area (Å²) in [5, 5.41) is 10.2. The van der Waals surface area contributed by atoms with E-state index in [1.807, 2.05) is 0 Å². The Kier molecular flexibility index (Phi) is 3.95. The molecule has 0 aliphatic rings. The largest absolute Gasteiger partial charge is 0.614 e. The van der Waals surface area contributed by atoms with Crippen molar-refractivity contribution in [3.05, 3.63) is 0 Å². The second-order valence-electron chi connectivity index (χ2n) is 1.21. The van der Waals surface area contributed by atoms with Gasteiger partial charge in [-0.05, 0) is 9.35 Å². The van der Waals surface area contributed by atoms with Crippen LogP contribution in [0.4, 0.5) is 0 Å². The highest BCUT2D eigenvalue weighted by atomic mass is 31.3. The van der Waals surface area contributed by atoms with Crippen molar-refractivity contribution in [2.75, 3.05) is 0 Å². The van der Waals surface area contributed by atoms with Gasteiger partial charge in [-0.25, -0.2) is 9.82 Å². The molecule has 0 atom stereocenters. The summed E-state index contributed by atoms with van der Waals surface area (Å²) in [4.78, 5) is 32.5. The second-order valence-corrected chi connectivity index (χ2v) is 3.98. The molecule has 5 N–H and O–H groups in total. The molecule has 0 saturated heterocycles. The minimum absolute atomic E-state index is 2.73. The summed E-state index contributed by atoms with van der Waals surface area (Å²) in [5.74, 6) is 0. The van der Waals surface area contributed by atoms with E-state index in [1.165, 1.54) is 0 Å². The lowest BCUT2D eigenvalue weighted by Crippen LogP contribution is -1.99. The van der Waals surface area contributed by atoms with Gasteiger partial charge >= 0.3 is 16.0 Å². The van der Waals surface area contributed by atoms with E-state index in [2.05, 4.69) is 14.0 Å². The van der Waals surface area contributed by atoms with Crippen molar-refractivity contribution in [1.29, 1.82) is 0 Å². The summed E-state index contributed by atoms with van der Waals surface area (Å²) in [6.07, 6.45) is 0. The lowest BCUT2D eigenvalue weighted by Gasteiger charge is -2.04. The minimum atomic E-state index is -5.08. The Hall–Kier alpha value is 0.340. The first-order valence-corrected chi connectivity index (χ1v) is 4.94. The molecule has 0 radical (unpaired) electrons. The number of rotatable bonds is 4. The molecule has 0 rings (SSSR count). The molecule has 11 heteroatoms. The topological polar surface area (TPSA) is 146 Å². The molecule has 0 fully saturated rings. The van der Waals surface area contributed by atoms with Gasteiger partial charge in [-0.2, -0.15) is 9.79 Å². The van der Waals surface area contributed by atoms with Crippen molar-refractivity contribution in [1.82, 2.24) is 0 Å². The summed E-state index contributed by atoms with van der Waals surface area (Å²) in [6, 6.07) is 0.